The van der Waals surface area contributed by atoms with Gasteiger partial charge in [0.15, 0.2) is 11.4 Å². The van der Waals surface area contributed by atoms with Crippen molar-refractivity contribution in [3.63, 3.8) is 0 Å². The number of ether oxygens (including phenoxy) is 1. The van der Waals surface area contributed by atoms with Crippen molar-refractivity contribution in [2.45, 2.75) is 58.5 Å². The summed E-state index contributed by atoms with van der Waals surface area (Å²) in [6.07, 6.45) is 2.36. The highest BCUT2D eigenvalue weighted by Crippen LogP contribution is 2.27. The van der Waals surface area contributed by atoms with E-state index in [1.54, 1.807) is 9.91 Å². The van der Waals surface area contributed by atoms with E-state index in [1.807, 2.05) is 20.8 Å². The maximum Gasteiger partial charge on any atom is 0.278 e. The Hall–Kier alpha value is -3.47. The van der Waals surface area contributed by atoms with Crippen molar-refractivity contribution in [1.82, 2.24) is 14.9 Å². The van der Waals surface area contributed by atoms with Gasteiger partial charge in [0.2, 0.25) is 5.43 Å². The Bertz CT molecular complexity index is 1210. The first-order valence-electron chi connectivity index (χ1n) is 11.5. The van der Waals surface area contributed by atoms with Gasteiger partial charge in [0, 0.05) is 37.0 Å². The van der Waals surface area contributed by atoms with E-state index in [0.29, 0.717) is 19.2 Å². The zero-order valence-electron chi connectivity index (χ0n) is 19.8. The zero-order valence-corrected chi connectivity index (χ0v) is 19.8. The molecule has 3 heterocycles. The van der Waals surface area contributed by atoms with Crippen molar-refractivity contribution in [3.8, 4) is 5.75 Å². The molecule has 0 bridgehead atoms. The van der Waals surface area contributed by atoms with E-state index in [0.717, 1.165) is 18.9 Å². The SMILES string of the molecule is CC(C)N1C(=O)c2c(O)c(=O)c(C(=O)NCc3ccc(F)cc3F)cn2N(C[C@@H]2CCCO2)[C@H]1C. The van der Waals surface area contributed by atoms with Crippen LogP contribution in [0.4, 0.5) is 8.78 Å². The highest BCUT2D eigenvalue weighted by molar-refractivity contribution is 5.99. The van der Waals surface area contributed by atoms with Crippen LogP contribution in [0.2, 0.25) is 0 Å². The number of carbonyl (C=O) groups is 2. The summed E-state index contributed by atoms with van der Waals surface area (Å²) in [5.41, 5.74) is -1.64. The molecule has 2 aliphatic heterocycles. The number of nitrogens with one attached hydrogen (secondary N) is 1. The van der Waals surface area contributed by atoms with Crippen LogP contribution in [0.15, 0.2) is 29.2 Å². The van der Waals surface area contributed by atoms with E-state index < -0.39 is 46.4 Å². The molecule has 1 fully saturated rings. The molecule has 2 atom stereocenters. The molecule has 0 aliphatic carbocycles. The molecule has 2 amide bonds. The lowest BCUT2D eigenvalue weighted by Crippen LogP contribution is -2.63. The quantitative estimate of drug-likeness (QED) is 0.643. The molecule has 0 unspecified atom stereocenters. The predicted molar refractivity (Wildman–Crippen MR) is 123 cm³/mol. The van der Waals surface area contributed by atoms with Crippen LogP contribution in [0.3, 0.4) is 0 Å². The van der Waals surface area contributed by atoms with E-state index in [1.165, 1.54) is 16.9 Å². The molecule has 0 saturated carbocycles. The van der Waals surface area contributed by atoms with Crippen LogP contribution in [-0.4, -0.2) is 58.0 Å². The fraction of sp³-hybridized carbons (Fsp3) is 0.458. The molecule has 4 rings (SSSR count). The Morgan fingerprint density at radius 3 is 2.66 bits per heavy atom. The Kier molecular flexibility index (Phi) is 6.79. The molecule has 1 saturated heterocycles. The number of hydrogen-bond donors (Lipinski definition) is 2. The number of benzene rings is 1. The predicted octanol–water partition coefficient (Wildman–Crippen LogP) is 2.09. The van der Waals surface area contributed by atoms with Gasteiger partial charge in [-0.15, -0.1) is 0 Å². The summed E-state index contributed by atoms with van der Waals surface area (Å²) in [5.74, 6) is -3.84. The minimum Gasteiger partial charge on any atom is -0.502 e. The monoisotopic (exact) mass is 490 g/mol. The van der Waals surface area contributed by atoms with Gasteiger partial charge < -0.3 is 20.1 Å². The largest absolute Gasteiger partial charge is 0.502 e. The molecule has 2 aliphatic rings. The summed E-state index contributed by atoms with van der Waals surface area (Å²) in [4.78, 5) is 40.6. The number of aromatic nitrogens is 1. The highest BCUT2D eigenvalue weighted by atomic mass is 19.1. The van der Waals surface area contributed by atoms with Gasteiger partial charge in [-0.2, -0.15) is 0 Å². The molecule has 0 spiro atoms. The van der Waals surface area contributed by atoms with Crippen LogP contribution in [0.25, 0.3) is 0 Å². The average Bonchev–Trinajstić information content (AvgIpc) is 3.30. The van der Waals surface area contributed by atoms with Crippen LogP contribution in [0.5, 0.6) is 5.75 Å². The number of pyridine rings is 1. The number of fused-ring (bicyclic) bond motifs is 1. The topological polar surface area (TPSA) is 104 Å². The third kappa shape index (κ3) is 4.60. The Labute approximate surface area is 200 Å². The van der Waals surface area contributed by atoms with Gasteiger partial charge in [-0.25, -0.2) is 8.78 Å². The summed E-state index contributed by atoms with van der Waals surface area (Å²) in [7, 11) is 0. The van der Waals surface area contributed by atoms with Crippen molar-refractivity contribution >= 4 is 11.8 Å². The molecule has 0 radical (unpaired) electrons. The summed E-state index contributed by atoms with van der Waals surface area (Å²) < 4.78 is 34.2. The smallest absolute Gasteiger partial charge is 0.278 e. The van der Waals surface area contributed by atoms with Crippen molar-refractivity contribution < 1.29 is 28.2 Å². The number of nitrogens with zero attached hydrogens (tertiary/aromatic N) is 3. The van der Waals surface area contributed by atoms with E-state index in [9.17, 15) is 28.3 Å². The Balaban J connectivity index is 1.71. The van der Waals surface area contributed by atoms with E-state index in [4.69, 9.17) is 4.74 Å². The number of carbonyl (C=O) groups excluding carboxylic acids is 2. The number of rotatable bonds is 6. The first-order valence-corrected chi connectivity index (χ1v) is 11.5. The van der Waals surface area contributed by atoms with Crippen molar-refractivity contribution in [1.29, 1.82) is 0 Å². The lowest BCUT2D eigenvalue weighted by molar-refractivity contribution is 0.0449. The highest BCUT2D eigenvalue weighted by Gasteiger charge is 2.40. The van der Waals surface area contributed by atoms with Gasteiger partial charge in [0.05, 0.1) is 12.6 Å². The minimum absolute atomic E-state index is 0.0263. The fourth-order valence-corrected chi connectivity index (χ4v) is 4.61. The maximum atomic E-state index is 13.9. The van der Waals surface area contributed by atoms with Crippen LogP contribution < -0.4 is 15.8 Å². The second kappa shape index (κ2) is 9.65. The second-order valence-corrected chi connectivity index (χ2v) is 9.03. The number of aromatic hydroxyl groups is 1. The molecular weight excluding hydrogens is 462 g/mol. The van der Waals surface area contributed by atoms with Gasteiger partial charge >= 0.3 is 0 Å². The molecule has 11 heteroatoms. The van der Waals surface area contributed by atoms with Crippen LogP contribution in [-0.2, 0) is 11.3 Å². The molecule has 2 N–H and O–H groups in total. The van der Waals surface area contributed by atoms with Gasteiger partial charge in [-0.05, 0) is 39.7 Å². The van der Waals surface area contributed by atoms with Crippen LogP contribution in [0.1, 0.15) is 60.0 Å². The molecule has 9 nitrogen and oxygen atoms in total. The van der Waals surface area contributed by atoms with Crippen molar-refractivity contribution in [2.75, 3.05) is 18.2 Å². The number of amides is 2. The van der Waals surface area contributed by atoms with Crippen LogP contribution >= 0.6 is 0 Å². The lowest BCUT2D eigenvalue weighted by Gasteiger charge is -2.47. The van der Waals surface area contributed by atoms with E-state index in [-0.39, 0.29) is 29.9 Å². The van der Waals surface area contributed by atoms with Crippen molar-refractivity contribution in [2.24, 2.45) is 0 Å². The number of hydrogen-bond acceptors (Lipinski definition) is 6. The second-order valence-electron chi connectivity index (χ2n) is 9.03. The molecule has 2 aromatic rings. The molecule has 1 aromatic heterocycles. The summed E-state index contributed by atoms with van der Waals surface area (Å²) in [5, 5.41) is 15.0. The molecule has 188 valence electrons. The van der Waals surface area contributed by atoms with E-state index in [2.05, 4.69) is 5.32 Å². The summed E-state index contributed by atoms with van der Waals surface area (Å²) in [6, 6.07) is 2.71. The third-order valence-electron chi connectivity index (χ3n) is 6.38. The van der Waals surface area contributed by atoms with Gasteiger partial charge in [0.25, 0.3) is 11.8 Å². The minimum atomic E-state index is -1.02. The summed E-state index contributed by atoms with van der Waals surface area (Å²) in [6.45, 7) is 6.18. The average molecular weight is 491 g/mol. The third-order valence-corrected chi connectivity index (χ3v) is 6.38. The number of halogens is 2. The molecule has 35 heavy (non-hydrogen) atoms. The Morgan fingerprint density at radius 1 is 1.29 bits per heavy atom. The standard InChI is InChI=1S/C24H28F2N4O5/c1-13(2)30-14(3)28(11-17-5-4-8-35-17)29-12-18(21(31)22(32)20(29)24(30)34)23(33)27-10-15-6-7-16(25)9-19(15)26/h6-7,9,12-14,17,32H,4-5,8,10-11H2,1-3H3,(H,27,33)/t14-,17+/m1/s1. The zero-order chi connectivity index (χ0) is 25.4. The summed E-state index contributed by atoms with van der Waals surface area (Å²) >= 11 is 0. The van der Waals surface area contributed by atoms with Gasteiger partial charge in [-0.3, -0.25) is 24.1 Å². The van der Waals surface area contributed by atoms with Crippen LogP contribution in [0, 0.1) is 11.6 Å². The normalized spacial score (nSPS) is 19.9. The fourth-order valence-electron chi connectivity index (χ4n) is 4.61. The maximum absolute atomic E-state index is 13.9. The molecular formula is C24H28F2N4O5. The molecule has 1 aromatic carbocycles. The van der Waals surface area contributed by atoms with Gasteiger partial charge in [-0.1, -0.05) is 6.07 Å². The first kappa shape index (κ1) is 24.6. The van der Waals surface area contributed by atoms with Gasteiger partial charge in [0.1, 0.15) is 23.4 Å². The first-order chi connectivity index (χ1) is 16.6. The lowest BCUT2D eigenvalue weighted by atomic mass is 10.1. The van der Waals surface area contributed by atoms with E-state index >= 15 is 0 Å². The Morgan fingerprint density at radius 2 is 2.03 bits per heavy atom. The van der Waals surface area contributed by atoms with Crippen molar-refractivity contribution in [3.05, 3.63) is 63.1 Å².